The maximum Gasteiger partial charge on any atom is 0.222 e. The van der Waals surface area contributed by atoms with E-state index in [0.29, 0.717) is 6.42 Å². The molecule has 1 rings (SSSR count). The molecule has 16 heavy (non-hydrogen) atoms. The lowest BCUT2D eigenvalue weighted by atomic mass is 10.1. The summed E-state index contributed by atoms with van der Waals surface area (Å²) < 4.78 is 5.60. The lowest BCUT2D eigenvalue weighted by molar-refractivity contribution is -0.143. The van der Waals surface area contributed by atoms with Crippen LogP contribution in [0.25, 0.3) is 0 Å². The predicted molar refractivity (Wildman–Crippen MR) is 64.1 cm³/mol. The van der Waals surface area contributed by atoms with Crippen LogP contribution in [0.4, 0.5) is 0 Å². The average molecular weight is 228 g/mol. The number of carbonyl (C=O) groups excluding carboxylic acids is 1. The van der Waals surface area contributed by atoms with Crippen molar-refractivity contribution in [3.63, 3.8) is 0 Å². The molecule has 0 saturated carbocycles. The average Bonchev–Trinajstić information content (AvgIpc) is 2.15. The van der Waals surface area contributed by atoms with E-state index < -0.39 is 0 Å². The summed E-state index contributed by atoms with van der Waals surface area (Å²) in [5.41, 5.74) is 5.66. The van der Waals surface area contributed by atoms with Crippen molar-refractivity contribution in [3.05, 3.63) is 0 Å². The third-order valence-electron chi connectivity index (χ3n) is 2.82. The molecule has 94 valence electrons. The van der Waals surface area contributed by atoms with Crippen molar-refractivity contribution in [2.75, 3.05) is 13.1 Å². The first-order valence-electron chi connectivity index (χ1n) is 6.18. The van der Waals surface area contributed by atoms with Gasteiger partial charge in [0.1, 0.15) is 0 Å². The number of carbonyl (C=O) groups is 1. The molecular weight excluding hydrogens is 204 g/mol. The zero-order chi connectivity index (χ0) is 12.1. The van der Waals surface area contributed by atoms with Gasteiger partial charge in [0.25, 0.3) is 0 Å². The van der Waals surface area contributed by atoms with E-state index in [2.05, 4.69) is 0 Å². The van der Waals surface area contributed by atoms with E-state index in [1.54, 1.807) is 0 Å². The highest BCUT2D eigenvalue weighted by Gasteiger charge is 2.25. The zero-order valence-corrected chi connectivity index (χ0v) is 10.6. The second-order valence-electron chi connectivity index (χ2n) is 4.93. The van der Waals surface area contributed by atoms with Gasteiger partial charge in [0, 0.05) is 25.6 Å². The van der Waals surface area contributed by atoms with Gasteiger partial charge in [-0.3, -0.25) is 4.79 Å². The molecule has 0 radical (unpaired) electrons. The highest BCUT2D eigenvalue weighted by molar-refractivity contribution is 5.76. The number of amides is 1. The van der Waals surface area contributed by atoms with Crippen molar-refractivity contribution in [3.8, 4) is 0 Å². The fourth-order valence-electron chi connectivity index (χ4n) is 2.11. The Hall–Kier alpha value is -0.610. The minimum atomic E-state index is 0.154. The summed E-state index contributed by atoms with van der Waals surface area (Å²) in [5.74, 6) is 0.239. The van der Waals surface area contributed by atoms with Crippen molar-refractivity contribution in [1.82, 2.24) is 4.90 Å². The van der Waals surface area contributed by atoms with Gasteiger partial charge >= 0.3 is 0 Å². The smallest absolute Gasteiger partial charge is 0.222 e. The summed E-state index contributed by atoms with van der Waals surface area (Å²) in [6.07, 6.45) is 2.72. The van der Waals surface area contributed by atoms with Crippen LogP contribution in [-0.2, 0) is 9.53 Å². The molecule has 0 bridgehead atoms. The quantitative estimate of drug-likeness (QED) is 0.785. The van der Waals surface area contributed by atoms with E-state index in [1.807, 2.05) is 25.7 Å². The Labute approximate surface area is 98.1 Å². The number of nitrogens with two attached hydrogens (primary N) is 1. The number of nitrogens with zero attached hydrogens (tertiary/aromatic N) is 1. The van der Waals surface area contributed by atoms with Crippen molar-refractivity contribution in [1.29, 1.82) is 0 Å². The van der Waals surface area contributed by atoms with Crippen LogP contribution in [0.15, 0.2) is 0 Å². The van der Waals surface area contributed by atoms with E-state index in [9.17, 15) is 4.79 Å². The number of morpholine rings is 1. The number of ether oxygens (including phenoxy) is 1. The molecule has 0 aromatic heterocycles. The van der Waals surface area contributed by atoms with Gasteiger partial charge < -0.3 is 15.4 Å². The van der Waals surface area contributed by atoms with E-state index in [0.717, 1.165) is 25.9 Å². The normalized spacial score (nSPS) is 27.9. The molecule has 1 amide bonds. The van der Waals surface area contributed by atoms with E-state index in [4.69, 9.17) is 10.5 Å². The third kappa shape index (κ3) is 4.49. The molecule has 4 heteroatoms. The Kier molecular flexibility index (Phi) is 5.22. The van der Waals surface area contributed by atoms with Crippen molar-refractivity contribution in [2.24, 2.45) is 5.73 Å². The number of hydrogen-bond donors (Lipinski definition) is 1. The van der Waals surface area contributed by atoms with Crippen LogP contribution < -0.4 is 5.73 Å². The summed E-state index contributed by atoms with van der Waals surface area (Å²) in [4.78, 5) is 13.8. The summed E-state index contributed by atoms with van der Waals surface area (Å²) in [6, 6.07) is 0.190. The second-order valence-corrected chi connectivity index (χ2v) is 4.93. The topological polar surface area (TPSA) is 55.6 Å². The van der Waals surface area contributed by atoms with Crippen molar-refractivity contribution in [2.45, 2.75) is 58.3 Å². The molecule has 1 fully saturated rings. The van der Waals surface area contributed by atoms with E-state index in [-0.39, 0.29) is 24.2 Å². The Morgan fingerprint density at radius 3 is 2.50 bits per heavy atom. The molecule has 1 heterocycles. The van der Waals surface area contributed by atoms with Crippen LogP contribution in [0, 0.1) is 0 Å². The summed E-state index contributed by atoms with van der Waals surface area (Å²) in [7, 11) is 0. The maximum absolute atomic E-state index is 11.9. The van der Waals surface area contributed by atoms with Gasteiger partial charge in [0.2, 0.25) is 5.91 Å². The minimum absolute atomic E-state index is 0.154. The highest BCUT2D eigenvalue weighted by atomic mass is 16.5. The zero-order valence-electron chi connectivity index (χ0n) is 10.6. The first-order valence-corrected chi connectivity index (χ1v) is 6.18. The first kappa shape index (κ1) is 13.5. The molecule has 1 aliphatic rings. The minimum Gasteiger partial charge on any atom is -0.372 e. The van der Waals surface area contributed by atoms with E-state index in [1.165, 1.54) is 0 Å². The van der Waals surface area contributed by atoms with E-state index >= 15 is 0 Å². The summed E-state index contributed by atoms with van der Waals surface area (Å²) in [5, 5.41) is 0. The molecule has 2 N–H and O–H groups in total. The lowest BCUT2D eigenvalue weighted by Gasteiger charge is -2.35. The van der Waals surface area contributed by atoms with Crippen molar-refractivity contribution < 1.29 is 9.53 Å². The van der Waals surface area contributed by atoms with Gasteiger partial charge in [0.15, 0.2) is 0 Å². The van der Waals surface area contributed by atoms with Crippen LogP contribution in [0.1, 0.15) is 40.0 Å². The van der Waals surface area contributed by atoms with Gasteiger partial charge in [-0.2, -0.15) is 0 Å². The van der Waals surface area contributed by atoms with Crippen LogP contribution in [0.2, 0.25) is 0 Å². The molecule has 0 aromatic carbocycles. The second kappa shape index (κ2) is 6.21. The van der Waals surface area contributed by atoms with Crippen LogP contribution in [0.3, 0.4) is 0 Å². The first-order chi connectivity index (χ1) is 7.49. The lowest BCUT2D eigenvalue weighted by Crippen LogP contribution is -2.48. The van der Waals surface area contributed by atoms with Crippen LogP contribution in [-0.4, -0.2) is 42.1 Å². The van der Waals surface area contributed by atoms with Crippen molar-refractivity contribution >= 4 is 5.91 Å². The molecule has 1 unspecified atom stereocenters. The third-order valence-corrected chi connectivity index (χ3v) is 2.82. The van der Waals surface area contributed by atoms with Crippen LogP contribution in [0.5, 0.6) is 0 Å². The fourth-order valence-corrected chi connectivity index (χ4v) is 2.11. The number of rotatable bonds is 4. The Morgan fingerprint density at radius 1 is 1.44 bits per heavy atom. The maximum atomic E-state index is 11.9. The van der Waals surface area contributed by atoms with Gasteiger partial charge in [-0.1, -0.05) is 0 Å². The van der Waals surface area contributed by atoms with Crippen LogP contribution >= 0.6 is 0 Å². The Morgan fingerprint density at radius 2 is 2.00 bits per heavy atom. The summed E-state index contributed by atoms with van der Waals surface area (Å²) in [6.45, 7) is 7.45. The molecule has 1 saturated heterocycles. The largest absolute Gasteiger partial charge is 0.372 e. The molecule has 0 aromatic rings. The molecule has 3 atom stereocenters. The highest BCUT2D eigenvalue weighted by Crippen LogP contribution is 2.12. The molecule has 0 aliphatic carbocycles. The monoisotopic (exact) mass is 228 g/mol. The fraction of sp³-hybridized carbons (Fsp3) is 0.917. The van der Waals surface area contributed by atoms with Gasteiger partial charge in [-0.25, -0.2) is 0 Å². The number of hydrogen-bond acceptors (Lipinski definition) is 3. The Balaban J connectivity index is 2.30. The standard InChI is InChI=1S/C12H24N2O2/c1-9(13)5-4-6-12(15)14-7-10(2)16-11(3)8-14/h9-11H,4-8,13H2,1-3H3/t9?,10-,11+. The Bertz CT molecular complexity index is 221. The SMILES string of the molecule is CC(N)CCCC(=O)N1C[C@@H](C)O[C@@H](C)C1. The molecule has 1 aliphatic heterocycles. The van der Waals surface area contributed by atoms with Gasteiger partial charge in [0.05, 0.1) is 12.2 Å². The predicted octanol–water partition coefficient (Wildman–Crippen LogP) is 1.14. The molecule has 4 nitrogen and oxygen atoms in total. The van der Waals surface area contributed by atoms with Gasteiger partial charge in [-0.15, -0.1) is 0 Å². The molecule has 0 spiro atoms. The summed E-state index contributed by atoms with van der Waals surface area (Å²) >= 11 is 0. The van der Waals surface area contributed by atoms with Gasteiger partial charge in [-0.05, 0) is 33.6 Å². The molecular formula is C12H24N2O2.